The van der Waals surface area contributed by atoms with Crippen LogP contribution in [-0.2, 0) is 4.74 Å². The van der Waals surface area contributed by atoms with Gasteiger partial charge in [-0.15, -0.1) is 0 Å². The SMILES string of the molecule is COC(=O)c1ccccc1NC(=O)c1ccc(OCCOc2ccccc2)c(Br)c1. The van der Waals surface area contributed by atoms with Crippen molar-refractivity contribution in [2.75, 3.05) is 25.6 Å². The van der Waals surface area contributed by atoms with Crippen LogP contribution in [0.15, 0.2) is 77.3 Å². The predicted molar refractivity (Wildman–Crippen MR) is 117 cm³/mol. The Morgan fingerprint density at radius 2 is 1.60 bits per heavy atom. The minimum Gasteiger partial charge on any atom is -0.490 e. The molecule has 0 atom stereocenters. The molecule has 3 aromatic rings. The number of para-hydroxylation sites is 2. The maximum Gasteiger partial charge on any atom is 0.339 e. The van der Waals surface area contributed by atoms with Crippen LogP contribution in [0.25, 0.3) is 0 Å². The van der Waals surface area contributed by atoms with E-state index < -0.39 is 5.97 Å². The molecule has 0 saturated carbocycles. The van der Waals surface area contributed by atoms with E-state index in [2.05, 4.69) is 21.2 Å². The first-order valence-electron chi connectivity index (χ1n) is 9.17. The van der Waals surface area contributed by atoms with Crippen LogP contribution in [0.3, 0.4) is 0 Å². The van der Waals surface area contributed by atoms with Crippen molar-refractivity contribution in [3.8, 4) is 11.5 Å². The fraction of sp³-hybridized carbons (Fsp3) is 0.130. The van der Waals surface area contributed by atoms with Gasteiger partial charge < -0.3 is 19.5 Å². The third-order valence-corrected chi connectivity index (χ3v) is 4.75. The highest BCUT2D eigenvalue weighted by atomic mass is 79.9. The topological polar surface area (TPSA) is 73.9 Å². The number of hydrogen-bond donors (Lipinski definition) is 1. The fourth-order valence-corrected chi connectivity index (χ4v) is 3.15. The fourth-order valence-electron chi connectivity index (χ4n) is 2.66. The Balaban J connectivity index is 1.59. The summed E-state index contributed by atoms with van der Waals surface area (Å²) in [5.41, 5.74) is 1.07. The number of rotatable bonds is 8. The second-order valence-corrected chi connectivity index (χ2v) is 7.00. The van der Waals surface area contributed by atoms with Gasteiger partial charge in [0.2, 0.25) is 0 Å². The molecule has 154 valence electrons. The largest absolute Gasteiger partial charge is 0.490 e. The summed E-state index contributed by atoms with van der Waals surface area (Å²) in [6.07, 6.45) is 0. The number of esters is 1. The van der Waals surface area contributed by atoms with Crippen molar-refractivity contribution in [2.24, 2.45) is 0 Å². The summed E-state index contributed by atoms with van der Waals surface area (Å²) in [6, 6.07) is 21.1. The van der Waals surface area contributed by atoms with E-state index in [9.17, 15) is 9.59 Å². The standard InChI is InChI=1S/C23H20BrNO5/c1-28-23(27)18-9-5-6-10-20(18)25-22(26)16-11-12-21(19(24)15-16)30-14-13-29-17-7-3-2-4-8-17/h2-12,15H,13-14H2,1H3,(H,25,26). The van der Waals surface area contributed by atoms with E-state index >= 15 is 0 Å². The molecular formula is C23H20BrNO5. The third-order valence-electron chi connectivity index (χ3n) is 4.13. The number of ether oxygens (including phenoxy) is 3. The summed E-state index contributed by atoms with van der Waals surface area (Å²) >= 11 is 3.43. The van der Waals surface area contributed by atoms with Gasteiger partial charge in [0.1, 0.15) is 24.7 Å². The molecule has 0 aliphatic carbocycles. The van der Waals surface area contributed by atoms with Gasteiger partial charge in [0.15, 0.2) is 0 Å². The van der Waals surface area contributed by atoms with E-state index in [0.717, 1.165) is 5.75 Å². The number of benzene rings is 3. The van der Waals surface area contributed by atoms with Gasteiger partial charge in [-0.25, -0.2) is 4.79 Å². The number of methoxy groups -OCH3 is 1. The lowest BCUT2D eigenvalue weighted by Gasteiger charge is -2.12. The van der Waals surface area contributed by atoms with Crippen LogP contribution in [0.1, 0.15) is 20.7 Å². The summed E-state index contributed by atoms with van der Waals surface area (Å²) in [7, 11) is 1.29. The van der Waals surface area contributed by atoms with Gasteiger partial charge >= 0.3 is 5.97 Å². The molecule has 0 fully saturated rings. The Hall–Kier alpha value is -3.32. The molecule has 7 heteroatoms. The molecule has 0 heterocycles. The minimum atomic E-state index is -0.520. The number of anilines is 1. The molecule has 0 saturated heterocycles. The lowest BCUT2D eigenvalue weighted by Crippen LogP contribution is -2.15. The van der Waals surface area contributed by atoms with Gasteiger partial charge in [-0.3, -0.25) is 4.79 Å². The van der Waals surface area contributed by atoms with Crippen LogP contribution >= 0.6 is 15.9 Å². The van der Waals surface area contributed by atoms with E-state index in [0.29, 0.717) is 34.7 Å². The zero-order valence-corrected chi connectivity index (χ0v) is 17.8. The molecule has 30 heavy (non-hydrogen) atoms. The van der Waals surface area contributed by atoms with Crippen molar-refractivity contribution in [1.29, 1.82) is 0 Å². The molecule has 0 unspecified atom stereocenters. The Bertz CT molecular complexity index is 1020. The van der Waals surface area contributed by atoms with Gasteiger partial charge in [0.25, 0.3) is 5.91 Å². The van der Waals surface area contributed by atoms with Gasteiger partial charge in [-0.2, -0.15) is 0 Å². The van der Waals surface area contributed by atoms with Gasteiger partial charge in [0, 0.05) is 5.56 Å². The summed E-state index contributed by atoms with van der Waals surface area (Å²) in [5, 5.41) is 2.74. The molecule has 0 aliphatic rings. The molecule has 6 nitrogen and oxygen atoms in total. The lowest BCUT2D eigenvalue weighted by molar-refractivity contribution is 0.0602. The van der Waals surface area contributed by atoms with Crippen molar-refractivity contribution in [1.82, 2.24) is 0 Å². The first-order valence-corrected chi connectivity index (χ1v) is 9.96. The molecular weight excluding hydrogens is 450 g/mol. The molecule has 1 amide bonds. The highest BCUT2D eigenvalue weighted by Gasteiger charge is 2.15. The monoisotopic (exact) mass is 469 g/mol. The minimum absolute atomic E-state index is 0.283. The number of carbonyl (C=O) groups is 2. The molecule has 0 bridgehead atoms. The van der Waals surface area contributed by atoms with Gasteiger partial charge in [-0.05, 0) is 58.4 Å². The van der Waals surface area contributed by atoms with Gasteiger partial charge in [-0.1, -0.05) is 30.3 Å². The van der Waals surface area contributed by atoms with E-state index in [-0.39, 0.29) is 11.5 Å². The second-order valence-electron chi connectivity index (χ2n) is 6.15. The second kappa shape index (κ2) is 10.5. The number of amides is 1. The number of nitrogens with one attached hydrogen (secondary N) is 1. The molecule has 3 aromatic carbocycles. The van der Waals surface area contributed by atoms with E-state index in [1.54, 1.807) is 42.5 Å². The van der Waals surface area contributed by atoms with Crippen molar-refractivity contribution < 1.29 is 23.8 Å². The zero-order valence-electron chi connectivity index (χ0n) is 16.3. The van der Waals surface area contributed by atoms with E-state index in [4.69, 9.17) is 14.2 Å². The Morgan fingerprint density at radius 1 is 0.900 bits per heavy atom. The summed E-state index contributed by atoms with van der Waals surface area (Å²) in [4.78, 5) is 24.5. The van der Waals surface area contributed by atoms with Crippen LogP contribution in [0.2, 0.25) is 0 Å². The molecule has 1 N–H and O–H groups in total. The maximum absolute atomic E-state index is 12.6. The molecule has 3 rings (SSSR count). The molecule has 0 aromatic heterocycles. The van der Waals surface area contributed by atoms with E-state index in [1.165, 1.54) is 7.11 Å². The van der Waals surface area contributed by atoms with Gasteiger partial charge in [0.05, 0.1) is 22.8 Å². The smallest absolute Gasteiger partial charge is 0.339 e. The van der Waals surface area contributed by atoms with Crippen molar-refractivity contribution in [3.05, 3.63) is 88.4 Å². The number of halogens is 1. The molecule has 0 aliphatic heterocycles. The lowest BCUT2D eigenvalue weighted by atomic mass is 10.1. The summed E-state index contributed by atoms with van der Waals surface area (Å²) < 4.78 is 16.7. The van der Waals surface area contributed by atoms with Crippen molar-refractivity contribution >= 4 is 33.5 Å². The molecule has 0 spiro atoms. The first kappa shape index (κ1) is 21.4. The zero-order chi connectivity index (χ0) is 21.3. The Morgan fingerprint density at radius 3 is 2.33 bits per heavy atom. The third kappa shape index (κ3) is 5.61. The number of carbonyl (C=O) groups excluding carboxylic acids is 2. The highest BCUT2D eigenvalue weighted by Crippen LogP contribution is 2.27. The average Bonchev–Trinajstić information content (AvgIpc) is 2.78. The predicted octanol–water partition coefficient (Wildman–Crippen LogP) is 4.95. The van der Waals surface area contributed by atoms with Crippen LogP contribution in [0.5, 0.6) is 11.5 Å². The van der Waals surface area contributed by atoms with Crippen LogP contribution < -0.4 is 14.8 Å². The Labute approximate surface area is 182 Å². The Kier molecular flexibility index (Phi) is 7.45. The normalized spacial score (nSPS) is 10.2. The first-order chi connectivity index (χ1) is 14.6. The van der Waals surface area contributed by atoms with Crippen LogP contribution in [-0.4, -0.2) is 32.2 Å². The van der Waals surface area contributed by atoms with Crippen molar-refractivity contribution in [3.63, 3.8) is 0 Å². The van der Waals surface area contributed by atoms with E-state index in [1.807, 2.05) is 30.3 Å². The van der Waals surface area contributed by atoms with Crippen LogP contribution in [0.4, 0.5) is 5.69 Å². The quantitative estimate of drug-likeness (QED) is 0.373. The number of hydrogen-bond acceptors (Lipinski definition) is 5. The van der Waals surface area contributed by atoms with Crippen LogP contribution in [0, 0.1) is 0 Å². The summed E-state index contributed by atoms with van der Waals surface area (Å²) in [5.74, 6) is 0.497. The maximum atomic E-state index is 12.6. The molecule has 0 radical (unpaired) electrons. The summed E-state index contributed by atoms with van der Waals surface area (Å²) in [6.45, 7) is 0.745. The highest BCUT2D eigenvalue weighted by molar-refractivity contribution is 9.10. The average molecular weight is 470 g/mol. The van der Waals surface area contributed by atoms with Crippen molar-refractivity contribution in [2.45, 2.75) is 0 Å².